The van der Waals surface area contributed by atoms with E-state index in [4.69, 9.17) is 32.7 Å². The molecule has 2 atom stereocenters. The molecule has 0 radical (unpaired) electrons. The Bertz CT molecular complexity index is 1310. The highest BCUT2D eigenvalue weighted by atomic mass is 35.5. The van der Waals surface area contributed by atoms with Gasteiger partial charge >= 0.3 is 5.97 Å². The summed E-state index contributed by atoms with van der Waals surface area (Å²) in [4.78, 5) is 30.7. The number of thiazole rings is 1. The van der Waals surface area contributed by atoms with Crippen molar-refractivity contribution in [1.29, 1.82) is 0 Å². The van der Waals surface area contributed by atoms with Crippen molar-refractivity contribution in [3.05, 3.63) is 68.6 Å². The molecule has 2 aromatic carbocycles. The summed E-state index contributed by atoms with van der Waals surface area (Å²) in [5.74, 6) is -1.39. The van der Waals surface area contributed by atoms with Crippen molar-refractivity contribution in [3.63, 3.8) is 0 Å². The second-order valence-electron chi connectivity index (χ2n) is 9.90. The minimum absolute atomic E-state index is 0.0410. The van der Waals surface area contributed by atoms with Crippen LogP contribution >= 0.6 is 34.5 Å². The molecular formula is C29H32Cl2N2O5S. The van der Waals surface area contributed by atoms with Crippen molar-refractivity contribution in [3.8, 4) is 16.3 Å². The number of carbonyl (C=O) groups is 2. The van der Waals surface area contributed by atoms with Crippen LogP contribution in [0.2, 0.25) is 10.0 Å². The molecule has 1 aromatic heterocycles. The fourth-order valence-corrected chi connectivity index (χ4v) is 6.19. The average molecular weight is 592 g/mol. The van der Waals surface area contributed by atoms with Crippen molar-refractivity contribution >= 4 is 46.4 Å². The van der Waals surface area contributed by atoms with Crippen molar-refractivity contribution in [1.82, 2.24) is 10.3 Å². The Hall–Kier alpha value is -2.65. The summed E-state index contributed by atoms with van der Waals surface area (Å²) < 4.78 is 11.9. The van der Waals surface area contributed by atoms with Gasteiger partial charge in [0, 0.05) is 27.9 Å². The first kappa shape index (κ1) is 29.3. The minimum atomic E-state index is -1.16. The molecule has 0 bridgehead atoms. The van der Waals surface area contributed by atoms with Crippen LogP contribution in [0.4, 0.5) is 0 Å². The zero-order valence-corrected chi connectivity index (χ0v) is 24.4. The fraction of sp³-hybridized carbons (Fsp3) is 0.414. The Labute approximate surface area is 242 Å². The van der Waals surface area contributed by atoms with Crippen molar-refractivity contribution in [2.24, 2.45) is 0 Å². The first-order valence-electron chi connectivity index (χ1n) is 13.0. The summed E-state index contributed by atoms with van der Waals surface area (Å²) in [6.07, 6.45) is 3.17. The number of hydrogen-bond donors (Lipinski definition) is 2. The number of aryl methyl sites for hydroxylation is 1. The van der Waals surface area contributed by atoms with Crippen molar-refractivity contribution in [2.45, 2.75) is 70.7 Å². The lowest BCUT2D eigenvalue weighted by molar-refractivity contribution is -0.155. The first-order valence-corrected chi connectivity index (χ1v) is 14.6. The van der Waals surface area contributed by atoms with Gasteiger partial charge in [0.25, 0.3) is 5.91 Å². The number of ether oxygens (including phenoxy) is 2. The molecule has 1 fully saturated rings. The average Bonchev–Trinajstić information content (AvgIpc) is 3.53. The second kappa shape index (κ2) is 13.1. The van der Waals surface area contributed by atoms with E-state index in [2.05, 4.69) is 10.3 Å². The van der Waals surface area contributed by atoms with Crippen LogP contribution < -0.4 is 10.1 Å². The number of hydrogen-bond acceptors (Lipinski definition) is 6. The summed E-state index contributed by atoms with van der Waals surface area (Å²) in [7, 11) is 0. The normalized spacial score (nSPS) is 15.3. The molecule has 4 rings (SSSR count). The van der Waals surface area contributed by atoms with Gasteiger partial charge in [0.05, 0.1) is 17.2 Å². The van der Waals surface area contributed by atoms with Gasteiger partial charge in [0.2, 0.25) is 0 Å². The highest BCUT2D eigenvalue weighted by Gasteiger charge is 2.32. The summed E-state index contributed by atoms with van der Waals surface area (Å²) in [6.45, 7) is 5.42. The molecule has 1 saturated carbocycles. The van der Waals surface area contributed by atoms with Gasteiger partial charge in [0.15, 0.2) is 6.10 Å². The van der Waals surface area contributed by atoms with Crippen LogP contribution in [-0.2, 0) is 9.53 Å². The van der Waals surface area contributed by atoms with E-state index in [-0.39, 0.29) is 24.4 Å². The number of carboxylic acid groups (broad SMARTS) is 1. The molecule has 208 valence electrons. The summed E-state index contributed by atoms with van der Waals surface area (Å²) >= 11 is 13.7. The van der Waals surface area contributed by atoms with Gasteiger partial charge in [-0.05, 0) is 82.3 Å². The van der Waals surface area contributed by atoms with Gasteiger partial charge < -0.3 is 19.9 Å². The van der Waals surface area contributed by atoms with E-state index in [1.54, 1.807) is 32.0 Å². The lowest BCUT2D eigenvalue weighted by atomic mass is 9.92. The van der Waals surface area contributed by atoms with E-state index in [0.717, 1.165) is 24.2 Å². The van der Waals surface area contributed by atoms with Crippen molar-refractivity contribution < 1.29 is 24.2 Å². The molecule has 1 heterocycles. The Balaban J connectivity index is 1.53. The zero-order chi connectivity index (χ0) is 28.1. The zero-order valence-electron chi connectivity index (χ0n) is 22.1. The van der Waals surface area contributed by atoms with E-state index in [1.165, 1.54) is 24.2 Å². The van der Waals surface area contributed by atoms with Crippen LogP contribution in [0.15, 0.2) is 42.5 Å². The highest BCUT2D eigenvalue weighted by molar-refractivity contribution is 7.15. The number of rotatable bonds is 11. The maximum Gasteiger partial charge on any atom is 0.333 e. The molecular weight excluding hydrogens is 559 g/mol. The number of amides is 1. The topological polar surface area (TPSA) is 97.8 Å². The SMILES string of the molecule is Cc1sc(-c2ccc(Cl)cc2Cl)nc1C(=O)NCC(c1ccc(OC2CCCC2)cc1)C(OC(C)C)C(=O)O. The lowest BCUT2D eigenvalue weighted by Gasteiger charge is -2.27. The van der Waals surface area contributed by atoms with Gasteiger partial charge in [-0.1, -0.05) is 35.3 Å². The molecule has 2 unspecified atom stereocenters. The van der Waals surface area contributed by atoms with Crippen LogP contribution in [0.25, 0.3) is 10.6 Å². The quantitative estimate of drug-likeness (QED) is 0.246. The van der Waals surface area contributed by atoms with Crippen molar-refractivity contribution in [2.75, 3.05) is 6.54 Å². The monoisotopic (exact) mass is 590 g/mol. The highest BCUT2D eigenvalue weighted by Crippen LogP contribution is 2.34. The van der Waals surface area contributed by atoms with E-state index in [0.29, 0.717) is 25.5 Å². The third-order valence-electron chi connectivity index (χ3n) is 6.60. The van der Waals surface area contributed by atoms with E-state index in [9.17, 15) is 14.7 Å². The smallest absolute Gasteiger partial charge is 0.333 e. The van der Waals surface area contributed by atoms with E-state index >= 15 is 0 Å². The molecule has 0 saturated heterocycles. The Morgan fingerprint density at radius 2 is 1.82 bits per heavy atom. The van der Waals surface area contributed by atoms with Crippen LogP contribution in [0.1, 0.15) is 66.4 Å². The number of aliphatic carboxylic acids is 1. The van der Waals surface area contributed by atoms with Gasteiger partial charge in [-0.2, -0.15) is 0 Å². The Kier molecular flexibility index (Phi) is 9.88. The number of aromatic nitrogens is 1. The third kappa shape index (κ3) is 7.51. The predicted molar refractivity (Wildman–Crippen MR) is 154 cm³/mol. The molecule has 10 heteroatoms. The van der Waals surface area contributed by atoms with E-state index in [1.807, 2.05) is 31.2 Å². The molecule has 3 aromatic rings. The molecule has 1 amide bonds. The minimum Gasteiger partial charge on any atom is -0.490 e. The number of carboxylic acids is 1. The maximum absolute atomic E-state index is 13.2. The Morgan fingerprint density at radius 1 is 1.13 bits per heavy atom. The number of nitrogens with one attached hydrogen (secondary N) is 1. The lowest BCUT2D eigenvalue weighted by Crippen LogP contribution is -2.40. The standard InChI is InChI=1S/C29H32Cl2N2O5S/c1-16(2)37-26(29(35)36)23(18-8-11-21(12-9-18)38-20-6-4-5-7-20)15-32-27(34)25-17(3)39-28(33-25)22-13-10-19(30)14-24(22)31/h8-14,16,20,23,26H,4-7,15H2,1-3H3,(H,32,34)(H,35,36). The molecule has 1 aliphatic rings. The number of nitrogens with zero attached hydrogens (tertiary/aromatic N) is 1. The number of carbonyl (C=O) groups excluding carboxylic acids is 1. The van der Waals surface area contributed by atoms with Gasteiger partial charge in [-0.3, -0.25) is 4.79 Å². The van der Waals surface area contributed by atoms with Gasteiger partial charge in [-0.25, -0.2) is 9.78 Å². The van der Waals surface area contributed by atoms with Crippen LogP contribution in [0, 0.1) is 6.92 Å². The Morgan fingerprint density at radius 3 is 2.44 bits per heavy atom. The van der Waals surface area contributed by atoms with Crippen LogP contribution in [0.3, 0.4) is 0 Å². The second-order valence-corrected chi connectivity index (χ2v) is 11.9. The predicted octanol–water partition coefficient (Wildman–Crippen LogP) is 7.14. The van der Waals surface area contributed by atoms with E-state index < -0.39 is 23.9 Å². The largest absolute Gasteiger partial charge is 0.490 e. The van der Waals surface area contributed by atoms with Gasteiger partial charge in [-0.15, -0.1) is 11.3 Å². The number of halogens is 2. The summed E-state index contributed by atoms with van der Waals surface area (Å²) in [5.41, 5.74) is 1.67. The molecule has 39 heavy (non-hydrogen) atoms. The molecule has 7 nitrogen and oxygen atoms in total. The maximum atomic E-state index is 13.2. The van der Waals surface area contributed by atoms with Crippen LogP contribution in [0.5, 0.6) is 5.75 Å². The summed E-state index contributed by atoms with van der Waals surface area (Å²) in [5, 5.41) is 14.4. The molecule has 0 spiro atoms. The molecule has 0 aliphatic heterocycles. The summed E-state index contributed by atoms with van der Waals surface area (Å²) in [6, 6.07) is 12.5. The van der Waals surface area contributed by atoms with Crippen LogP contribution in [-0.4, -0.2) is 46.8 Å². The first-order chi connectivity index (χ1) is 18.6. The van der Waals surface area contributed by atoms with Gasteiger partial charge in [0.1, 0.15) is 16.5 Å². The molecule has 2 N–H and O–H groups in total. The molecule has 1 aliphatic carbocycles. The fourth-order valence-electron chi connectivity index (χ4n) is 4.68. The number of benzene rings is 2. The third-order valence-corrected chi connectivity index (χ3v) is 8.15.